The number of aliphatic carboxylic acids is 1. The first-order chi connectivity index (χ1) is 9.88. The molecule has 1 heterocycles. The highest BCUT2D eigenvalue weighted by molar-refractivity contribution is 6.03. The number of anilines is 1. The molecule has 2 aromatic rings. The van der Waals surface area contributed by atoms with Gasteiger partial charge in [-0.2, -0.15) is 5.10 Å². The molecule has 0 saturated heterocycles. The summed E-state index contributed by atoms with van der Waals surface area (Å²) in [5, 5.41) is 15.9. The molecule has 0 aliphatic carbocycles. The van der Waals surface area contributed by atoms with Crippen molar-refractivity contribution >= 4 is 17.6 Å². The highest BCUT2D eigenvalue weighted by Crippen LogP contribution is 2.20. The summed E-state index contributed by atoms with van der Waals surface area (Å²) in [7, 11) is 1.70. The van der Waals surface area contributed by atoms with E-state index in [2.05, 4.69) is 10.4 Å². The minimum atomic E-state index is -0.902. The largest absolute Gasteiger partial charge is 0.481 e. The van der Waals surface area contributed by atoms with E-state index < -0.39 is 11.9 Å². The van der Waals surface area contributed by atoms with Crippen molar-refractivity contribution in [2.45, 2.75) is 19.8 Å². The van der Waals surface area contributed by atoms with Crippen LogP contribution in [0, 0.1) is 6.92 Å². The van der Waals surface area contributed by atoms with Gasteiger partial charge in [0.1, 0.15) is 5.69 Å². The summed E-state index contributed by atoms with van der Waals surface area (Å²) in [5.41, 5.74) is 2.41. The van der Waals surface area contributed by atoms with E-state index in [1.807, 2.05) is 6.92 Å². The second kappa shape index (κ2) is 5.78. The van der Waals surface area contributed by atoms with E-state index in [1.54, 1.807) is 44.3 Å². The zero-order valence-electron chi connectivity index (χ0n) is 12.1. The minimum Gasteiger partial charge on any atom is -0.481 e. The Morgan fingerprint density at radius 1 is 1.33 bits per heavy atom. The Kier molecular flexibility index (Phi) is 4.07. The summed E-state index contributed by atoms with van der Waals surface area (Å²) in [6.07, 6.45) is 0. The van der Waals surface area contributed by atoms with Crippen LogP contribution in [0.5, 0.6) is 0 Å². The molecule has 1 unspecified atom stereocenters. The molecule has 0 fully saturated rings. The fourth-order valence-corrected chi connectivity index (χ4v) is 2.05. The maximum atomic E-state index is 12.2. The van der Waals surface area contributed by atoms with Crippen molar-refractivity contribution in [3.8, 4) is 0 Å². The normalized spacial score (nSPS) is 12.0. The number of nitrogens with one attached hydrogen (secondary N) is 1. The van der Waals surface area contributed by atoms with Crippen LogP contribution in [0.2, 0.25) is 0 Å². The predicted molar refractivity (Wildman–Crippen MR) is 78.4 cm³/mol. The van der Waals surface area contributed by atoms with E-state index in [4.69, 9.17) is 5.11 Å². The molecule has 0 bridgehead atoms. The van der Waals surface area contributed by atoms with Crippen LogP contribution in [0.3, 0.4) is 0 Å². The average Bonchev–Trinajstić information content (AvgIpc) is 2.77. The predicted octanol–water partition coefficient (Wildman–Crippen LogP) is 2.17. The van der Waals surface area contributed by atoms with Crippen LogP contribution >= 0.6 is 0 Å². The van der Waals surface area contributed by atoms with E-state index in [1.165, 1.54) is 4.68 Å². The van der Waals surface area contributed by atoms with Gasteiger partial charge in [0, 0.05) is 12.7 Å². The number of amides is 1. The monoisotopic (exact) mass is 287 g/mol. The molecule has 1 aromatic heterocycles. The van der Waals surface area contributed by atoms with Crippen LogP contribution < -0.4 is 5.32 Å². The second-order valence-electron chi connectivity index (χ2n) is 4.93. The molecule has 0 spiro atoms. The van der Waals surface area contributed by atoms with Crippen LogP contribution in [-0.4, -0.2) is 26.8 Å². The molecule has 1 aromatic carbocycles. The molecular weight excluding hydrogens is 270 g/mol. The van der Waals surface area contributed by atoms with Crippen molar-refractivity contribution in [2.24, 2.45) is 7.05 Å². The van der Waals surface area contributed by atoms with Gasteiger partial charge in [-0.15, -0.1) is 0 Å². The smallest absolute Gasteiger partial charge is 0.310 e. The van der Waals surface area contributed by atoms with Gasteiger partial charge in [0.2, 0.25) is 0 Å². The number of hydrogen-bond acceptors (Lipinski definition) is 3. The molecule has 2 N–H and O–H groups in total. The first kappa shape index (κ1) is 14.8. The number of carboxylic acid groups (broad SMARTS) is 1. The quantitative estimate of drug-likeness (QED) is 0.902. The number of rotatable bonds is 4. The Balaban J connectivity index is 2.20. The van der Waals surface area contributed by atoms with Crippen LogP contribution in [0.15, 0.2) is 30.3 Å². The topological polar surface area (TPSA) is 84.2 Å². The lowest BCUT2D eigenvalue weighted by atomic mass is 10.0. The van der Waals surface area contributed by atoms with Crippen molar-refractivity contribution in [1.29, 1.82) is 0 Å². The highest BCUT2D eigenvalue weighted by Gasteiger charge is 2.15. The van der Waals surface area contributed by atoms with Crippen molar-refractivity contribution in [3.63, 3.8) is 0 Å². The van der Waals surface area contributed by atoms with E-state index in [-0.39, 0.29) is 5.91 Å². The number of benzene rings is 1. The van der Waals surface area contributed by atoms with Gasteiger partial charge in [-0.25, -0.2) is 0 Å². The van der Waals surface area contributed by atoms with Gasteiger partial charge in [0.15, 0.2) is 0 Å². The molecule has 0 saturated carbocycles. The molecule has 2 rings (SSSR count). The first-order valence-corrected chi connectivity index (χ1v) is 6.53. The van der Waals surface area contributed by atoms with Gasteiger partial charge in [0.05, 0.1) is 11.6 Å². The Bertz CT molecular complexity index is 691. The lowest BCUT2D eigenvalue weighted by molar-refractivity contribution is -0.138. The van der Waals surface area contributed by atoms with Crippen LogP contribution in [0.25, 0.3) is 0 Å². The van der Waals surface area contributed by atoms with Crippen LogP contribution in [0.1, 0.15) is 34.6 Å². The molecule has 0 radical (unpaired) electrons. The molecular formula is C15H17N3O3. The molecule has 1 amide bonds. The van der Waals surface area contributed by atoms with Crippen LogP contribution in [-0.2, 0) is 11.8 Å². The van der Waals surface area contributed by atoms with E-state index in [0.717, 1.165) is 5.69 Å². The maximum absolute atomic E-state index is 12.2. The third-order valence-electron chi connectivity index (χ3n) is 3.25. The Hall–Kier alpha value is -2.63. The summed E-state index contributed by atoms with van der Waals surface area (Å²) in [6, 6.07) is 8.53. The lowest BCUT2D eigenvalue weighted by Gasteiger charge is -2.10. The highest BCUT2D eigenvalue weighted by atomic mass is 16.4. The Morgan fingerprint density at radius 2 is 2.05 bits per heavy atom. The number of carbonyl (C=O) groups excluding carboxylic acids is 1. The summed E-state index contributed by atoms with van der Waals surface area (Å²) in [5.74, 6) is -1.81. The molecule has 6 heteroatoms. The van der Waals surface area contributed by atoms with Crippen molar-refractivity contribution in [2.75, 3.05) is 5.32 Å². The number of nitrogens with zero attached hydrogens (tertiary/aromatic N) is 2. The maximum Gasteiger partial charge on any atom is 0.310 e. The SMILES string of the molecule is Cc1cc(C(=O)Nc2cccc(C(C)C(=O)O)c2)n(C)n1. The Morgan fingerprint density at radius 3 is 2.62 bits per heavy atom. The van der Waals surface area contributed by atoms with Crippen LogP contribution in [0.4, 0.5) is 5.69 Å². The molecule has 1 atom stereocenters. The molecule has 6 nitrogen and oxygen atoms in total. The number of aromatic nitrogens is 2. The third-order valence-corrected chi connectivity index (χ3v) is 3.25. The number of hydrogen-bond donors (Lipinski definition) is 2. The zero-order chi connectivity index (χ0) is 15.6. The summed E-state index contributed by atoms with van der Waals surface area (Å²) >= 11 is 0. The fraction of sp³-hybridized carbons (Fsp3) is 0.267. The van der Waals surface area contributed by atoms with Crippen molar-refractivity contribution < 1.29 is 14.7 Å². The average molecular weight is 287 g/mol. The molecule has 0 aliphatic heterocycles. The number of carboxylic acids is 1. The van der Waals surface area contributed by atoms with Gasteiger partial charge in [-0.05, 0) is 37.6 Å². The molecule has 21 heavy (non-hydrogen) atoms. The van der Waals surface area contributed by atoms with E-state index in [9.17, 15) is 9.59 Å². The van der Waals surface area contributed by atoms with Crippen molar-refractivity contribution in [1.82, 2.24) is 9.78 Å². The summed E-state index contributed by atoms with van der Waals surface area (Å²) in [4.78, 5) is 23.2. The molecule has 0 aliphatic rings. The summed E-state index contributed by atoms with van der Waals surface area (Å²) in [6.45, 7) is 3.42. The van der Waals surface area contributed by atoms with E-state index >= 15 is 0 Å². The van der Waals surface area contributed by atoms with Gasteiger partial charge < -0.3 is 10.4 Å². The zero-order valence-corrected chi connectivity index (χ0v) is 12.1. The fourth-order valence-electron chi connectivity index (χ4n) is 2.05. The standard InChI is InChI=1S/C15H17N3O3/c1-9-7-13(18(3)17-9)14(19)16-12-6-4-5-11(8-12)10(2)15(20)21/h4-8,10H,1-3H3,(H,16,19)(H,20,21). The van der Waals surface area contributed by atoms with Gasteiger partial charge in [-0.3, -0.25) is 14.3 Å². The number of aryl methyl sites for hydroxylation is 2. The minimum absolute atomic E-state index is 0.279. The first-order valence-electron chi connectivity index (χ1n) is 6.53. The van der Waals surface area contributed by atoms with Gasteiger partial charge in [0.25, 0.3) is 5.91 Å². The van der Waals surface area contributed by atoms with Crippen molar-refractivity contribution in [3.05, 3.63) is 47.3 Å². The number of carbonyl (C=O) groups is 2. The Labute approximate surface area is 122 Å². The van der Waals surface area contributed by atoms with E-state index in [0.29, 0.717) is 16.9 Å². The molecule has 110 valence electrons. The lowest BCUT2D eigenvalue weighted by Crippen LogP contribution is -2.16. The summed E-state index contributed by atoms with van der Waals surface area (Å²) < 4.78 is 1.51. The second-order valence-corrected chi connectivity index (χ2v) is 4.93. The van der Waals surface area contributed by atoms with Gasteiger partial charge in [-0.1, -0.05) is 12.1 Å². The van der Waals surface area contributed by atoms with Gasteiger partial charge >= 0.3 is 5.97 Å². The third kappa shape index (κ3) is 3.28.